The van der Waals surface area contributed by atoms with E-state index < -0.39 is 6.10 Å². The van der Waals surface area contributed by atoms with Crippen molar-refractivity contribution < 1.29 is 14.3 Å². The van der Waals surface area contributed by atoms with Crippen molar-refractivity contribution in [2.24, 2.45) is 0 Å². The van der Waals surface area contributed by atoms with Crippen molar-refractivity contribution in [3.8, 4) is 5.75 Å². The van der Waals surface area contributed by atoms with Crippen LogP contribution in [0, 0.1) is 6.92 Å². The molecule has 0 bridgehead atoms. The van der Waals surface area contributed by atoms with Crippen LogP contribution in [-0.2, 0) is 4.79 Å². The Balaban J connectivity index is 1.76. The molecule has 1 unspecified atom stereocenters. The fourth-order valence-electron chi connectivity index (χ4n) is 3.14. The number of para-hydroxylation sites is 1. The smallest absolute Gasteiger partial charge is 0.265 e. The largest absolute Gasteiger partial charge is 0.480 e. The number of halogens is 2. The zero-order valence-corrected chi connectivity index (χ0v) is 18.1. The van der Waals surface area contributed by atoms with Crippen molar-refractivity contribution in [2.75, 3.05) is 18.4 Å². The van der Waals surface area contributed by atoms with Gasteiger partial charge in [0.15, 0.2) is 6.10 Å². The number of anilines is 1. The maximum absolute atomic E-state index is 12.9. The molecular formula is C21H22BrClN2O3. The van der Waals surface area contributed by atoms with Gasteiger partial charge in [0.25, 0.3) is 11.8 Å². The Hall–Kier alpha value is -2.05. The summed E-state index contributed by atoms with van der Waals surface area (Å²) in [5.41, 5.74) is 1.88. The molecule has 1 N–H and O–H groups in total. The van der Waals surface area contributed by atoms with E-state index in [1.165, 1.54) is 0 Å². The SMILES string of the molecule is Cc1cccc(C(=O)N2CCCC2)c1NC(=O)C(C)Oc1ccc(Cl)cc1Br. The second-order valence-corrected chi connectivity index (χ2v) is 8.11. The number of nitrogens with one attached hydrogen (secondary N) is 1. The molecule has 1 atom stereocenters. The fraction of sp³-hybridized carbons (Fsp3) is 0.333. The second kappa shape index (κ2) is 8.97. The van der Waals surface area contributed by atoms with E-state index in [0.717, 1.165) is 31.5 Å². The lowest BCUT2D eigenvalue weighted by molar-refractivity contribution is -0.122. The third-order valence-electron chi connectivity index (χ3n) is 4.71. The molecule has 1 saturated heterocycles. The van der Waals surface area contributed by atoms with E-state index >= 15 is 0 Å². The highest BCUT2D eigenvalue weighted by Crippen LogP contribution is 2.29. The molecule has 1 fully saturated rings. The zero-order chi connectivity index (χ0) is 20.3. The van der Waals surface area contributed by atoms with Gasteiger partial charge in [-0.2, -0.15) is 0 Å². The molecule has 0 saturated carbocycles. The molecule has 3 rings (SSSR count). The molecule has 2 amide bonds. The second-order valence-electron chi connectivity index (χ2n) is 6.82. The number of ether oxygens (including phenoxy) is 1. The number of rotatable bonds is 5. The third kappa shape index (κ3) is 4.67. The van der Waals surface area contributed by atoms with Gasteiger partial charge in [-0.15, -0.1) is 0 Å². The van der Waals surface area contributed by atoms with E-state index in [1.54, 1.807) is 31.2 Å². The molecular weight excluding hydrogens is 444 g/mol. The maximum Gasteiger partial charge on any atom is 0.265 e. The minimum Gasteiger partial charge on any atom is -0.480 e. The van der Waals surface area contributed by atoms with Gasteiger partial charge < -0.3 is 15.0 Å². The molecule has 1 aliphatic heterocycles. The molecule has 28 heavy (non-hydrogen) atoms. The molecule has 0 aliphatic carbocycles. The molecule has 1 aliphatic rings. The summed E-state index contributed by atoms with van der Waals surface area (Å²) >= 11 is 9.32. The van der Waals surface area contributed by atoms with Gasteiger partial charge in [-0.05, 0) is 72.4 Å². The minimum atomic E-state index is -0.758. The predicted molar refractivity (Wildman–Crippen MR) is 114 cm³/mol. The Labute approximate surface area is 178 Å². The molecule has 7 heteroatoms. The van der Waals surface area contributed by atoms with Crippen molar-refractivity contribution in [2.45, 2.75) is 32.8 Å². The van der Waals surface area contributed by atoms with Crippen LogP contribution in [0.15, 0.2) is 40.9 Å². The van der Waals surface area contributed by atoms with E-state index in [9.17, 15) is 9.59 Å². The van der Waals surface area contributed by atoms with Gasteiger partial charge in [0.05, 0.1) is 15.7 Å². The summed E-state index contributed by atoms with van der Waals surface area (Å²) in [6.07, 6.45) is 1.27. The summed E-state index contributed by atoms with van der Waals surface area (Å²) in [6.45, 7) is 5.04. The number of nitrogens with zero attached hydrogens (tertiary/aromatic N) is 1. The van der Waals surface area contributed by atoms with Crippen molar-refractivity contribution >= 4 is 45.0 Å². The van der Waals surface area contributed by atoms with Crippen LogP contribution in [0.25, 0.3) is 0 Å². The molecule has 5 nitrogen and oxygen atoms in total. The van der Waals surface area contributed by atoms with Gasteiger partial charge in [0, 0.05) is 18.1 Å². The highest BCUT2D eigenvalue weighted by molar-refractivity contribution is 9.10. The van der Waals surface area contributed by atoms with Crippen LogP contribution >= 0.6 is 27.5 Å². The van der Waals surface area contributed by atoms with Crippen LogP contribution in [0.3, 0.4) is 0 Å². The Morgan fingerprint density at radius 1 is 1.21 bits per heavy atom. The average Bonchev–Trinajstić information content (AvgIpc) is 3.19. The first-order valence-corrected chi connectivity index (χ1v) is 10.4. The summed E-state index contributed by atoms with van der Waals surface area (Å²) in [7, 11) is 0. The van der Waals surface area contributed by atoms with Gasteiger partial charge in [0.2, 0.25) is 0 Å². The van der Waals surface area contributed by atoms with Crippen molar-refractivity contribution in [1.29, 1.82) is 0 Å². The zero-order valence-electron chi connectivity index (χ0n) is 15.8. The molecule has 2 aromatic carbocycles. The Morgan fingerprint density at radius 2 is 1.93 bits per heavy atom. The quantitative estimate of drug-likeness (QED) is 0.672. The van der Waals surface area contributed by atoms with E-state index in [0.29, 0.717) is 26.5 Å². The number of amides is 2. The molecule has 0 aromatic heterocycles. The lowest BCUT2D eigenvalue weighted by atomic mass is 10.1. The highest BCUT2D eigenvalue weighted by Gasteiger charge is 2.25. The number of benzene rings is 2. The molecule has 0 spiro atoms. The van der Waals surface area contributed by atoms with Gasteiger partial charge in [-0.1, -0.05) is 23.7 Å². The summed E-state index contributed by atoms with van der Waals surface area (Å²) in [4.78, 5) is 27.4. The minimum absolute atomic E-state index is 0.0504. The van der Waals surface area contributed by atoms with Gasteiger partial charge in [0.1, 0.15) is 5.75 Å². The van der Waals surface area contributed by atoms with E-state index in [4.69, 9.17) is 16.3 Å². The number of hydrogen-bond donors (Lipinski definition) is 1. The summed E-state index contributed by atoms with van der Waals surface area (Å²) in [5.74, 6) is 0.141. The first kappa shape index (κ1) is 20.7. The van der Waals surface area contributed by atoms with E-state index in [2.05, 4.69) is 21.2 Å². The van der Waals surface area contributed by atoms with Gasteiger partial charge >= 0.3 is 0 Å². The van der Waals surface area contributed by atoms with Crippen molar-refractivity contribution in [3.63, 3.8) is 0 Å². The first-order chi connectivity index (χ1) is 13.4. The normalized spacial score (nSPS) is 14.6. The van der Waals surface area contributed by atoms with Crippen molar-refractivity contribution in [1.82, 2.24) is 4.90 Å². The maximum atomic E-state index is 12.9. The number of carbonyl (C=O) groups is 2. The number of carbonyl (C=O) groups excluding carboxylic acids is 2. The lowest BCUT2D eigenvalue weighted by Crippen LogP contribution is -2.33. The highest BCUT2D eigenvalue weighted by atomic mass is 79.9. The van der Waals surface area contributed by atoms with Crippen LogP contribution < -0.4 is 10.1 Å². The topological polar surface area (TPSA) is 58.6 Å². The predicted octanol–water partition coefficient (Wildman–Crippen LogP) is 5.05. The monoisotopic (exact) mass is 464 g/mol. The van der Waals surface area contributed by atoms with Crippen LogP contribution in [0.5, 0.6) is 5.75 Å². The first-order valence-electron chi connectivity index (χ1n) is 9.18. The van der Waals surface area contributed by atoms with Crippen LogP contribution in [0.2, 0.25) is 5.02 Å². The molecule has 148 valence electrons. The van der Waals surface area contributed by atoms with Crippen molar-refractivity contribution in [3.05, 3.63) is 57.0 Å². The number of likely N-dealkylation sites (tertiary alicyclic amines) is 1. The Kier molecular flexibility index (Phi) is 6.62. The molecule has 1 heterocycles. The lowest BCUT2D eigenvalue weighted by Gasteiger charge is -2.21. The number of aryl methyl sites for hydroxylation is 1. The fourth-order valence-corrected chi connectivity index (χ4v) is 3.92. The summed E-state index contributed by atoms with van der Waals surface area (Å²) in [6, 6.07) is 10.6. The summed E-state index contributed by atoms with van der Waals surface area (Å²) < 4.78 is 6.43. The third-order valence-corrected chi connectivity index (χ3v) is 5.57. The molecule has 0 radical (unpaired) electrons. The van der Waals surface area contributed by atoms with Gasteiger partial charge in [-0.25, -0.2) is 0 Å². The van der Waals surface area contributed by atoms with E-state index in [1.807, 2.05) is 24.0 Å². The summed E-state index contributed by atoms with van der Waals surface area (Å²) in [5, 5.41) is 3.45. The Bertz CT molecular complexity index is 897. The van der Waals surface area contributed by atoms with Crippen LogP contribution in [-0.4, -0.2) is 35.9 Å². The number of hydrogen-bond acceptors (Lipinski definition) is 3. The van der Waals surface area contributed by atoms with Crippen LogP contribution in [0.4, 0.5) is 5.69 Å². The van der Waals surface area contributed by atoms with E-state index in [-0.39, 0.29) is 11.8 Å². The molecule has 2 aromatic rings. The van der Waals surface area contributed by atoms with Gasteiger partial charge in [-0.3, -0.25) is 9.59 Å². The standard InChI is InChI=1S/C21H22BrClN2O3/c1-13-6-5-7-16(21(27)25-10-3-4-11-25)19(13)24-20(26)14(2)28-18-9-8-15(23)12-17(18)22/h5-9,12,14H,3-4,10-11H2,1-2H3,(H,24,26). The van der Waals surface area contributed by atoms with Crippen LogP contribution in [0.1, 0.15) is 35.7 Å². The Morgan fingerprint density at radius 3 is 2.61 bits per heavy atom. The average molecular weight is 466 g/mol.